The van der Waals surface area contributed by atoms with E-state index in [2.05, 4.69) is 5.32 Å². The molecule has 0 saturated heterocycles. The number of hydrogen-bond acceptors (Lipinski definition) is 6. The predicted octanol–water partition coefficient (Wildman–Crippen LogP) is 4.64. The van der Waals surface area contributed by atoms with Crippen molar-refractivity contribution in [2.45, 2.75) is 11.8 Å². The van der Waals surface area contributed by atoms with Crippen LogP contribution in [0.15, 0.2) is 65.6 Å². The van der Waals surface area contributed by atoms with Crippen molar-refractivity contribution in [2.75, 3.05) is 23.8 Å². The van der Waals surface area contributed by atoms with Crippen LogP contribution in [0.2, 0.25) is 5.02 Å². The van der Waals surface area contributed by atoms with Crippen LogP contribution in [0.25, 0.3) is 0 Å². The Morgan fingerprint density at radius 3 is 2.48 bits per heavy atom. The van der Waals surface area contributed by atoms with Crippen molar-refractivity contribution in [1.29, 1.82) is 0 Å². The van der Waals surface area contributed by atoms with Gasteiger partial charge in [0.15, 0.2) is 0 Å². The van der Waals surface area contributed by atoms with Crippen LogP contribution in [-0.4, -0.2) is 33.4 Å². The average Bonchev–Trinajstić information content (AvgIpc) is 2.79. The predicted molar refractivity (Wildman–Crippen MR) is 126 cm³/mol. The second-order valence-corrected chi connectivity index (χ2v) is 9.37. The number of amides is 1. The fraction of sp³-hybridized carbons (Fsp3) is 0.136. The molecule has 0 spiro atoms. The highest BCUT2D eigenvalue weighted by Gasteiger charge is 2.25. The molecule has 0 unspecified atom stereocenters. The molecule has 0 aromatic heterocycles. The third kappa shape index (κ3) is 4.91. The van der Waals surface area contributed by atoms with Crippen molar-refractivity contribution in [1.82, 2.24) is 0 Å². The highest BCUT2D eigenvalue weighted by atomic mass is 35.5. The molecule has 0 aliphatic heterocycles. The third-order valence-corrected chi connectivity index (χ3v) is 7.02. The largest absolute Gasteiger partial charge is 0.495 e. The number of nitro groups is 1. The first kappa shape index (κ1) is 24.0. The summed E-state index contributed by atoms with van der Waals surface area (Å²) in [7, 11) is -1.20. The number of anilines is 2. The van der Waals surface area contributed by atoms with E-state index in [9.17, 15) is 23.3 Å². The Morgan fingerprint density at radius 2 is 1.82 bits per heavy atom. The lowest BCUT2D eigenvalue weighted by Crippen LogP contribution is -2.27. The first-order valence-electron chi connectivity index (χ1n) is 9.54. The van der Waals surface area contributed by atoms with Gasteiger partial charge in [-0.1, -0.05) is 29.8 Å². The number of aryl methyl sites for hydroxylation is 1. The third-order valence-electron chi connectivity index (χ3n) is 4.94. The van der Waals surface area contributed by atoms with Gasteiger partial charge in [0, 0.05) is 24.4 Å². The zero-order valence-corrected chi connectivity index (χ0v) is 19.5. The van der Waals surface area contributed by atoms with Crippen LogP contribution in [0.3, 0.4) is 0 Å². The number of nitrogens with zero attached hydrogens (tertiary/aromatic N) is 2. The Balaban J connectivity index is 1.95. The van der Waals surface area contributed by atoms with Crippen LogP contribution < -0.4 is 14.4 Å². The second-order valence-electron chi connectivity index (χ2n) is 7.00. The Bertz CT molecular complexity index is 1340. The first-order chi connectivity index (χ1) is 15.6. The molecule has 0 radical (unpaired) electrons. The monoisotopic (exact) mass is 489 g/mol. The Morgan fingerprint density at radius 1 is 1.12 bits per heavy atom. The minimum atomic E-state index is -4.03. The SMILES string of the molecule is COc1ccccc1N(C)S(=O)(=O)c1ccc(C)c(C(=O)Nc2ccc(Cl)c([N+](=O)[O-])c2)c1. The number of ether oxygens (including phenoxy) is 1. The van der Waals surface area contributed by atoms with E-state index in [1.807, 2.05) is 0 Å². The van der Waals surface area contributed by atoms with Crippen molar-refractivity contribution in [2.24, 2.45) is 0 Å². The molecule has 3 rings (SSSR count). The molecule has 1 N–H and O–H groups in total. The molecule has 1 amide bonds. The molecule has 0 fully saturated rings. The molecule has 3 aromatic carbocycles. The van der Waals surface area contributed by atoms with Crippen molar-refractivity contribution in [3.05, 3.63) is 86.9 Å². The Kier molecular flexibility index (Phi) is 6.89. The molecule has 33 heavy (non-hydrogen) atoms. The van der Waals surface area contributed by atoms with Crippen molar-refractivity contribution in [3.8, 4) is 5.75 Å². The molecular formula is C22H20ClN3O6S. The second kappa shape index (κ2) is 9.47. The van der Waals surface area contributed by atoms with Gasteiger partial charge in [-0.05, 0) is 48.9 Å². The van der Waals surface area contributed by atoms with Crippen molar-refractivity contribution < 1.29 is 22.9 Å². The van der Waals surface area contributed by atoms with Gasteiger partial charge in [-0.2, -0.15) is 0 Å². The number of para-hydroxylation sites is 2. The molecule has 0 atom stereocenters. The van der Waals surface area contributed by atoms with Gasteiger partial charge in [0.1, 0.15) is 10.8 Å². The summed E-state index contributed by atoms with van der Waals surface area (Å²) in [4.78, 5) is 23.2. The average molecular weight is 490 g/mol. The minimum Gasteiger partial charge on any atom is -0.495 e. The molecule has 0 aliphatic rings. The van der Waals surface area contributed by atoms with Crippen LogP contribution >= 0.6 is 11.6 Å². The number of methoxy groups -OCH3 is 1. The number of nitro benzene ring substituents is 1. The normalized spacial score (nSPS) is 11.0. The van der Waals surface area contributed by atoms with Gasteiger partial charge < -0.3 is 10.1 Å². The summed E-state index contributed by atoms with van der Waals surface area (Å²) in [5.74, 6) is -0.251. The molecule has 172 valence electrons. The maximum atomic E-state index is 13.3. The fourth-order valence-electron chi connectivity index (χ4n) is 3.11. The molecule has 3 aromatic rings. The molecule has 0 aliphatic carbocycles. The number of sulfonamides is 1. The van der Waals surface area contributed by atoms with E-state index in [4.69, 9.17) is 16.3 Å². The number of carbonyl (C=O) groups excluding carboxylic acids is 1. The maximum absolute atomic E-state index is 13.3. The van der Waals surface area contributed by atoms with Crippen LogP contribution in [0.1, 0.15) is 15.9 Å². The molecule has 9 nitrogen and oxygen atoms in total. The smallest absolute Gasteiger partial charge is 0.289 e. The van der Waals surface area contributed by atoms with Gasteiger partial charge >= 0.3 is 0 Å². The highest BCUT2D eigenvalue weighted by Crippen LogP contribution is 2.32. The highest BCUT2D eigenvalue weighted by molar-refractivity contribution is 7.92. The fourth-order valence-corrected chi connectivity index (χ4v) is 4.53. The molecular weight excluding hydrogens is 470 g/mol. The minimum absolute atomic E-state index is 0.0679. The van der Waals surface area contributed by atoms with E-state index in [0.717, 1.165) is 10.4 Å². The quantitative estimate of drug-likeness (QED) is 0.381. The van der Waals surface area contributed by atoms with Crippen LogP contribution in [0.5, 0.6) is 5.75 Å². The lowest BCUT2D eigenvalue weighted by molar-refractivity contribution is -0.384. The van der Waals surface area contributed by atoms with Gasteiger partial charge in [0.05, 0.1) is 22.6 Å². The Labute approximate surface area is 195 Å². The number of halogens is 1. The summed E-state index contributed by atoms with van der Waals surface area (Å²) in [6.07, 6.45) is 0. The van der Waals surface area contributed by atoms with E-state index in [1.54, 1.807) is 31.2 Å². The summed E-state index contributed by atoms with van der Waals surface area (Å²) in [6, 6.07) is 14.7. The summed E-state index contributed by atoms with van der Waals surface area (Å²) >= 11 is 5.81. The maximum Gasteiger partial charge on any atom is 0.289 e. The van der Waals surface area contributed by atoms with E-state index >= 15 is 0 Å². The Hall–Kier alpha value is -3.63. The van der Waals surface area contributed by atoms with Crippen LogP contribution in [-0.2, 0) is 10.0 Å². The number of nitrogens with one attached hydrogen (secondary N) is 1. The molecule has 0 bridgehead atoms. The van der Waals surface area contributed by atoms with E-state index in [0.29, 0.717) is 17.0 Å². The zero-order valence-electron chi connectivity index (χ0n) is 17.9. The van der Waals surface area contributed by atoms with E-state index < -0.39 is 20.9 Å². The lowest BCUT2D eigenvalue weighted by Gasteiger charge is -2.22. The molecule has 11 heteroatoms. The summed E-state index contributed by atoms with van der Waals surface area (Å²) in [5, 5.41) is 13.6. The van der Waals surface area contributed by atoms with Crippen molar-refractivity contribution in [3.63, 3.8) is 0 Å². The zero-order chi connectivity index (χ0) is 24.3. The van der Waals surface area contributed by atoms with Gasteiger partial charge in [0.25, 0.3) is 21.6 Å². The van der Waals surface area contributed by atoms with E-state index in [-0.39, 0.29) is 26.9 Å². The number of hydrogen-bond donors (Lipinski definition) is 1. The topological polar surface area (TPSA) is 119 Å². The number of benzene rings is 3. The molecule has 0 heterocycles. The van der Waals surface area contributed by atoms with Crippen LogP contribution in [0, 0.1) is 17.0 Å². The first-order valence-corrected chi connectivity index (χ1v) is 11.4. The summed E-state index contributed by atoms with van der Waals surface area (Å²) in [6.45, 7) is 1.65. The van der Waals surface area contributed by atoms with Gasteiger partial charge in [-0.25, -0.2) is 8.42 Å². The summed E-state index contributed by atoms with van der Waals surface area (Å²) in [5.41, 5.74) is 0.743. The number of carbonyl (C=O) groups is 1. The van der Waals surface area contributed by atoms with Gasteiger partial charge in [-0.15, -0.1) is 0 Å². The molecule has 0 saturated carbocycles. The van der Waals surface area contributed by atoms with Gasteiger partial charge in [-0.3, -0.25) is 19.2 Å². The lowest BCUT2D eigenvalue weighted by atomic mass is 10.1. The van der Waals surface area contributed by atoms with Gasteiger partial charge in [0.2, 0.25) is 0 Å². The van der Waals surface area contributed by atoms with Crippen molar-refractivity contribution >= 4 is 44.6 Å². The van der Waals surface area contributed by atoms with E-state index in [1.165, 1.54) is 44.5 Å². The number of rotatable bonds is 7. The van der Waals surface area contributed by atoms with Crippen LogP contribution in [0.4, 0.5) is 17.1 Å². The standard InChI is InChI=1S/C22H20ClN3O6S/c1-14-8-10-16(33(30,31)25(2)19-6-4-5-7-21(19)32-3)13-17(14)22(27)24-15-9-11-18(23)20(12-15)26(28)29/h4-13H,1-3H3,(H,24,27). The summed E-state index contributed by atoms with van der Waals surface area (Å²) < 4.78 is 32.8.